The SMILES string of the molecule is CC(C)CS(=O)(=O)CC(N)C(=O)NCC#N.CS(=O)(=O)O. The molecular weight excluding hydrogens is 322 g/mol. The van der Waals surface area contributed by atoms with E-state index in [-0.39, 0.29) is 24.0 Å². The van der Waals surface area contributed by atoms with Crippen molar-refractivity contribution in [2.45, 2.75) is 19.9 Å². The van der Waals surface area contributed by atoms with E-state index in [1.54, 1.807) is 19.9 Å². The van der Waals surface area contributed by atoms with Gasteiger partial charge < -0.3 is 11.1 Å². The number of carbonyl (C=O) groups excluding carboxylic acids is 1. The molecule has 0 fully saturated rings. The summed E-state index contributed by atoms with van der Waals surface area (Å²) >= 11 is 0. The van der Waals surface area contributed by atoms with Crippen LogP contribution in [-0.4, -0.2) is 57.6 Å². The molecule has 0 aliphatic carbocycles. The van der Waals surface area contributed by atoms with Crippen LogP contribution in [-0.2, 0) is 24.7 Å². The molecule has 0 bridgehead atoms. The van der Waals surface area contributed by atoms with Gasteiger partial charge in [-0.15, -0.1) is 0 Å². The maximum atomic E-state index is 11.5. The monoisotopic (exact) mass is 343 g/mol. The van der Waals surface area contributed by atoms with Crippen molar-refractivity contribution in [2.75, 3.05) is 24.3 Å². The van der Waals surface area contributed by atoms with Gasteiger partial charge in [0, 0.05) is 0 Å². The Bertz CT molecular complexity index is 554. The topological polar surface area (TPSA) is 167 Å². The molecule has 1 amide bonds. The highest BCUT2D eigenvalue weighted by atomic mass is 32.2. The molecule has 0 heterocycles. The summed E-state index contributed by atoms with van der Waals surface area (Å²) in [6.45, 7) is 3.38. The van der Waals surface area contributed by atoms with Gasteiger partial charge in [0.25, 0.3) is 10.1 Å². The van der Waals surface area contributed by atoms with Crippen molar-refractivity contribution in [3.8, 4) is 6.07 Å². The van der Waals surface area contributed by atoms with Gasteiger partial charge in [-0.3, -0.25) is 9.35 Å². The second kappa shape index (κ2) is 9.67. The van der Waals surface area contributed by atoms with Gasteiger partial charge in [-0.1, -0.05) is 13.8 Å². The van der Waals surface area contributed by atoms with Crippen LogP contribution in [0.1, 0.15) is 13.8 Å². The number of nitrogens with one attached hydrogen (secondary N) is 1. The van der Waals surface area contributed by atoms with Crippen molar-refractivity contribution in [1.82, 2.24) is 5.32 Å². The average molecular weight is 343 g/mol. The first-order valence-electron chi connectivity index (χ1n) is 5.81. The van der Waals surface area contributed by atoms with E-state index in [9.17, 15) is 21.6 Å². The lowest BCUT2D eigenvalue weighted by atomic mass is 10.3. The molecule has 1 unspecified atom stereocenters. The largest absolute Gasteiger partial charge is 0.342 e. The van der Waals surface area contributed by atoms with Gasteiger partial charge in [-0.2, -0.15) is 13.7 Å². The van der Waals surface area contributed by atoms with Crippen molar-refractivity contribution in [3.63, 3.8) is 0 Å². The molecule has 0 saturated carbocycles. The molecule has 1 atom stereocenters. The highest BCUT2D eigenvalue weighted by Gasteiger charge is 2.22. The predicted molar refractivity (Wildman–Crippen MR) is 77.6 cm³/mol. The molecule has 0 aromatic heterocycles. The minimum atomic E-state index is -3.67. The molecule has 0 aromatic carbocycles. The van der Waals surface area contributed by atoms with E-state index in [4.69, 9.17) is 15.5 Å². The van der Waals surface area contributed by atoms with E-state index in [2.05, 4.69) is 5.32 Å². The van der Waals surface area contributed by atoms with Gasteiger partial charge >= 0.3 is 0 Å². The van der Waals surface area contributed by atoms with Crippen LogP contribution >= 0.6 is 0 Å². The third-order valence-corrected chi connectivity index (χ3v) is 3.74. The molecule has 0 rings (SSSR count). The third-order valence-electron chi connectivity index (χ3n) is 1.70. The zero-order chi connectivity index (χ0) is 17.3. The van der Waals surface area contributed by atoms with Crippen LogP contribution in [0.5, 0.6) is 0 Å². The van der Waals surface area contributed by atoms with E-state index in [1.807, 2.05) is 0 Å². The summed E-state index contributed by atoms with van der Waals surface area (Å²) in [7, 11) is -6.99. The molecule has 21 heavy (non-hydrogen) atoms. The Hall–Kier alpha value is -1.22. The lowest BCUT2D eigenvalue weighted by Crippen LogP contribution is -2.45. The molecule has 124 valence electrons. The summed E-state index contributed by atoms with van der Waals surface area (Å²) in [6, 6.07) is 0.598. The zero-order valence-electron chi connectivity index (χ0n) is 12.1. The van der Waals surface area contributed by atoms with E-state index < -0.39 is 31.9 Å². The van der Waals surface area contributed by atoms with Crippen LogP contribution < -0.4 is 11.1 Å². The van der Waals surface area contributed by atoms with Crippen molar-refractivity contribution in [2.24, 2.45) is 11.7 Å². The van der Waals surface area contributed by atoms with Gasteiger partial charge in [0.05, 0.1) is 29.9 Å². The number of nitriles is 1. The van der Waals surface area contributed by atoms with Crippen molar-refractivity contribution in [1.29, 1.82) is 5.26 Å². The zero-order valence-corrected chi connectivity index (χ0v) is 13.7. The van der Waals surface area contributed by atoms with Crippen molar-refractivity contribution < 1.29 is 26.2 Å². The summed E-state index contributed by atoms with van der Waals surface area (Å²) in [5.41, 5.74) is 5.42. The number of sulfone groups is 1. The number of hydrogen-bond acceptors (Lipinski definition) is 7. The summed E-state index contributed by atoms with van der Waals surface area (Å²) in [4.78, 5) is 11.2. The maximum Gasteiger partial charge on any atom is 0.261 e. The molecule has 0 saturated heterocycles. The Kier molecular flexibility index (Phi) is 10.2. The highest BCUT2D eigenvalue weighted by Crippen LogP contribution is 2.02. The first-order valence-corrected chi connectivity index (χ1v) is 9.48. The number of amides is 1. The smallest absolute Gasteiger partial charge is 0.261 e. The van der Waals surface area contributed by atoms with Gasteiger partial charge in [0.1, 0.15) is 6.54 Å². The Morgan fingerprint density at radius 3 is 2.05 bits per heavy atom. The quantitative estimate of drug-likeness (QED) is 0.388. The normalized spacial score (nSPS) is 12.8. The number of nitrogens with zero attached hydrogens (tertiary/aromatic N) is 1. The molecular formula is C10H21N3O6S2. The lowest BCUT2D eigenvalue weighted by molar-refractivity contribution is -0.121. The van der Waals surface area contributed by atoms with Crippen molar-refractivity contribution in [3.05, 3.63) is 0 Å². The Balaban J connectivity index is 0. The summed E-state index contributed by atoms with van der Waals surface area (Å²) in [5, 5.41) is 10.4. The van der Waals surface area contributed by atoms with E-state index >= 15 is 0 Å². The fourth-order valence-electron chi connectivity index (χ4n) is 1.18. The number of nitrogens with two attached hydrogens (primary N) is 1. The highest BCUT2D eigenvalue weighted by molar-refractivity contribution is 7.91. The summed E-state index contributed by atoms with van der Waals surface area (Å²) in [6.07, 6.45) is 0.715. The van der Waals surface area contributed by atoms with Crippen LogP contribution in [0.2, 0.25) is 0 Å². The number of rotatable bonds is 6. The molecule has 0 aliphatic heterocycles. The Labute approximate surface area is 125 Å². The van der Waals surface area contributed by atoms with Gasteiger partial charge in [-0.05, 0) is 5.92 Å². The van der Waals surface area contributed by atoms with Crippen LogP contribution in [0.4, 0.5) is 0 Å². The molecule has 0 aliphatic rings. The molecule has 0 spiro atoms. The minimum absolute atomic E-state index is 0.000584. The standard InChI is InChI=1S/C9H17N3O3S.CH4O3S/c1-7(2)5-16(14,15)6-8(11)9(13)12-4-3-10;1-5(2,3)4/h7-8H,4-6,11H2,1-2H3,(H,12,13);1H3,(H,2,3,4). The third kappa shape index (κ3) is 18.8. The van der Waals surface area contributed by atoms with Crippen LogP contribution in [0, 0.1) is 17.2 Å². The molecule has 0 radical (unpaired) electrons. The molecule has 4 N–H and O–H groups in total. The molecule has 0 aromatic rings. The van der Waals surface area contributed by atoms with Gasteiger partial charge in [0.2, 0.25) is 5.91 Å². The minimum Gasteiger partial charge on any atom is -0.342 e. The van der Waals surface area contributed by atoms with E-state index in [0.717, 1.165) is 0 Å². The fraction of sp³-hybridized carbons (Fsp3) is 0.800. The lowest BCUT2D eigenvalue weighted by Gasteiger charge is -2.12. The predicted octanol–water partition coefficient (Wildman–Crippen LogP) is -1.47. The van der Waals surface area contributed by atoms with Crippen LogP contribution in [0.3, 0.4) is 0 Å². The summed E-state index contributed by atoms with van der Waals surface area (Å²) in [5.74, 6) is -0.998. The maximum absolute atomic E-state index is 11.5. The second-order valence-corrected chi connectivity index (χ2v) is 8.31. The first kappa shape index (κ1) is 22.1. The van der Waals surface area contributed by atoms with E-state index in [1.165, 1.54) is 0 Å². The Morgan fingerprint density at radius 2 is 1.71 bits per heavy atom. The van der Waals surface area contributed by atoms with Crippen LogP contribution in [0.25, 0.3) is 0 Å². The number of hydrogen-bond donors (Lipinski definition) is 3. The summed E-state index contributed by atoms with van der Waals surface area (Å²) < 4.78 is 48.9. The van der Waals surface area contributed by atoms with Crippen molar-refractivity contribution >= 4 is 25.9 Å². The van der Waals surface area contributed by atoms with Crippen LogP contribution in [0.15, 0.2) is 0 Å². The van der Waals surface area contributed by atoms with Gasteiger partial charge in [-0.25, -0.2) is 8.42 Å². The molecule has 11 heteroatoms. The van der Waals surface area contributed by atoms with E-state index in [0.29, 0.717) is 6.26 Å². The fourth-order valence-corrected chi connectivity index (χ4v) is 3.03. The Morgan fingerprint density at radius 1 is 1.29 bits per heavy atom. The second-order valence-electron chi connectivity index (χ2n) is 4.69. The number of carbonyl (C=O) groups is 1. The average Bonchev–Trinajstić information content (AvgIpc) is 2.20. The van der Waals surface area contributed by atoms with Gasteiger partial charge in [0.15, 0.2) is 9.84 Å². The first-order chi connectivity index (χ1) is 9.28. The molecule has 9 nitrogen and oxygen atoms in total.